The van der Waals surface area contributed by atoms with Crippen molar-refractivity contribution in [3.05, 3.63) is 42.0 Å². The second-order valence-corrected chi connectivity index (χ2v) is 7.70. The molecule has 25 heavy (non-hydrogen) atoms. The molecule has 2 unspecified atom stereocenters. The van der Waals surface area contributed by atoms with Crippen LogP contribution < -0.4 is 5.32 Å². The SMILES string of the molecule is C=CCC(BC)Sc1cccc2c1CN(C1CCC(=O)NC1=O)C2=O. The van der Waals surface area contributed by atoms with Crippen LogP contribution in [-0.2, 0) is 16.1 Å². The standard InChI is InChI=1S/C18H21BN2O3S/c1-3-5-15(19-2)25-14-7-4-6-11-12(14)10-21(18(11)24)13-8-9-16(22)20-17(13)23/h3-4,6-7,13,15,19H,1,5,8-10H2,2H3,(H,20,22,23). The molecule has 3 rings (SSSR count). The predicted octanol–water partition coefficient (Wildman–Crippen LogP) is 1.93. The van der Waals surface area contributed by atoms with Crippen molar-refractivity contribution in [2.75, 3.05) is 0 Å². The Morgan fingerprint density at radius 3 is 2.92 bits per heavy atom. The molecule has 5 nitrogen and oxygen atoms in total. The summed E-state index contributed by atoms with van der Waals surface area (Å²) in [4.78, 5) is 39.0. The Labute approximate surface area is 152 Å². The topological polar surface area (TPSA) is 66.5 Å². The minimum atomic E-state index is -0.564. The molecule has 1 aromatic carbocycles. The van der Waals surface area contributed by atoms with Gasteiger partial charge in [-0.15, -0.1) is 18.3 Å². The number of hydrogen-bond acceptors (Lipinski definition) is 4. The molecule has 1 aromatic rings. The van der Waals surface area contributed by atoms with Gasteiger partial charge in [-0.05, 0) is 35.7 Å². The fourth-order valence-corrected chi connectivity index (χ4v) is 4.56. The molecule has 1 fully saturated rings. The highest BCUT2D eigenvalue weighted by atomic mass is 32.2. The summed E-state index contributed by atoms with van der Waals surface area (Å²) in [5, 5.41) is 2.76. The highest BCUT2D eigenvalue weighted by molar-refractivity contribution is 8.01. The summed E-state index contributed by atoms with van der Waals surface area (Å²) >= 11 is 1.77. The first kappa shape index (κ1) is 17.8. The quantitative estimate of drug-likeness (QED) is 0.366. The minimum absolute atomic E-state index is 0.122. The number of hydrogen-bond donors (Lipinski definition) is 1. The van der Waals surface area contributed by atoms with Crippen molar-refractivity contribution >= 4 is 36.8 Å². The van der Waals surface area contributed by atoms with Gasteiger partial charge < -0.3 is 4.90 Å². The van der Waals surface area contributed by atoms with Gasteiger partial charge in [0.15, 0.2) is 0 Å². The van der Waals surface area contributed by atoms with Gasteiger partial charge in [0, 0.05) is 23.4 Å². The van der Waals surface area contributed by atoms with Crippen molar-refractivity contribution in [1.29, 1.82) is 0 Å². The van der Waals surface area contributed by atoms with E-state index in [1.807, 2.05) is 24.3 Å². The van der Waals surface area contributed by atoms with Gasteiger partial charge in [0.2, 0.25) is 11.8 Å². The van der Waals surface area contributed by atoms with Gasteiger partial charge in [-0.3, -0.25) is 19.7 Å². The average Bonchev–Trinajstić information content (AvgIpc) is 2.92. The molecule has 0 spiro atoms. The largest absolute Gasteiger partial charge is 0.322 e. The first-order valence-electron chi connectivity index (χ1n) is 8.59. The van der Waals surface area contributed by atoms with E-state index in [-0.39, 0.29) is 24.1 Å². The van der Waals surface area contributed by atoms with Crippen LogP contribution in [0, 0.1) is 0 Å². The maximum Gasteiger partial charge on any atom is 0.255 e. The number of thioether (sulfide) groups is 1. The molecule has 0 aliphatic carbocycles. The Morgan fingerprint density at radius 1 is 1.44 bits per heavy atom. The van der Waals surface area contributed by atoms with E-state index >= 15 is 0 Å². The molecule has 0 bridgehead atoms. The number of imide groups is 1. The van der Waals surface area contributed by atoms with Gasteiger partial charge in [0.25, 0.3) is 5.91 Å². The lowest BCUT2D eigenvalue weighted by molar-refractivity contribution is -0.136. The number of fused-ring (bicyclic) bond motifs is 1. The Hall–Kier alpha value is -2.02. The molecule has 3 amide bonds. The fraction of sp³-hybridized carbons (Fsp3) is 0.389. The van der Waals surface area contributed by atoms with Crippen LogP contribution in [0.3, 0.4) is 0 Å². The molecular formula is C18H21BN2O3S. The van der Waals surface area contributed by atoms with Gasteiger partial charge in [0.1, 0.15) is 13.3 Å². The normalized spacial score (nSPS) is 20.9. The number of nitrogens with zero attached hydrogens (tertiary/aromatic N) is 1. The smallest absolute Gasteiger partial charge is 0.255 e. The maximum absolute atomic E-state index is 12.8. The number of rotatable bonds is 6. The summed E-state index contributed by atoms with van der Waals surface area (Å²) in [5.41, 5.74) is 1.66. The van der Waals surface area contributed by atoms with E-state index in [4.69, 9.17) is 0 Å². The molecule has 0 aromatic heterocycles. The van der Waals surface area contributed by atoms with Gasteiger partial charge >= 0.3 is 0 Å². The molecule has 2 atom stereocenters. The first-order valence-corrected chi connectivity index (χ1v) is 9.47. The molecular weight excluding hydrogens is 335 g/mol. The van der Waals surface area contributed by atoms with E-state index in [0.717, 1.165) is 24.2 Å². The first-order chi connectivity index (χ1) is 12.0. The summed E-state index contributed by atoms with van der Waals surface area (Å²) in [6, 6.07) is 5.19. The Morgan fingerprint density at radius 2 is 2.24 bits per heavy atom. The number of benzene rings is 1. The number of carbonyl (C=O) groups is 3. The summed E-state index contributed by atoms with van der Waals surface area (Å²) in [7, 11) is 1.02. The lowest BCUT2D eigenvalue weighted by Gasteiger charge is -2.29. The molecule has 2 aliphatic heterocycles. The van der Waals surface area contributed by atoms with Crippen molar-refractivity contribution in [3.63, 3.8) is 0 Å². The van der Waals surface area contributed by atoms with E-state index in [1.54, 1.807) is 16.7 Å². The molecule has 0 saturated carbocycles. The number of allylic oxidation sites excluding steroid dienone is 1. The molecule has 1 N–H and O–H groups in total. The average molecular weight is 356 g/mol. The zero-order valence-corrected chi connectivity index (χ0v) is 15.1. The van der Waals surface area contributed by atoms with Crippen LogP contribution in [0.4, 0.5) is 0 Å². The van der Waals surface area contributed by atoms with Gasteiger partial charge in [-0.25, -0.2) is 0 Å². The number of amides is 3. The summed E-state index contributed by atoms with van der Waals surface area (Å²) in [5.74, 6) is -0.759. The van der Waals surface area contributed by atoms with Crippen molar-refractivity contribution in [2.24, 2.45) is 0 Å². The molecule has 2 heterocycles. The Balaban J connectivity index is 1.83. The van der Waals surface area contributed by atoms with Crippen LogP contribution in [-0.4, -0.2) is 41.1 Å². The third kappa shape index (κ3) is 3.51. The summed E-state index contributed by atoms with van der Waals surface area (Å²) in [6.45, 7) is 6.38. The van der Waals surface area contributed by atoms with E-state index in [2.05, 4.69) is 18.7 Å². The summed E-state index contributed by atoms with van der Waals surface area (Å²) in [6.07, 6.45) is 3.50. The third-order valence-corrected chi connectivity index (χ3v) is 6.21. The van der Waals surface area contributed by atoms with Crippen molar-refractivity contribution in [1.82, 2.24) is 10.2 Å². The Kier molecular flexibility index (Phi) is 5.32. The minimum Gasteiger partial charge on any atom is -0.322 e. The zero-order chi connectivity index (χ0) is 18.0. The van der Waals surface area contributed by atoms with Crippen LogP contribution in [0.5, 0.6) is 0 Å². The number of piperidine rings is 1. The van der Waals surface area contributed by atoms with Crippen LogP contribution in [0.15, 0.2) is 35.7 Å². The van der Waals surface area contributed by atoms with E-state index in [9.17, 15) is 14.4 Å². The van der Waals surface area contributed by atoms with Gasteiger partial charge in [-0.2, -0.15) is 0 Å². The van der Waals surface area contributed by atoms with E-state index in [0.29, 0.717) is 23.7 Å². The third-order valence-electron chi connectivity index (χ3n) is 4.72. The van der Waals surface area contributed by atoms with E-state index < -0.39 is 6.04 Å². The molecule has 7 heteroatoms. The predicted molar refractivity (Wildman–Crippen MR) is 100.0 cm³/mol. The van der Waals surface area contributed by atoms with Crippen LogP contribution >= 0.6 is 11.8 Å². The molecule has 0 radical (unpaired) electrons. The highest BCUT2D eigenvalue weighted by Gasteiger charge is 2.39. The van der Waals surface area contributed by atoms with Crippen molar-refractivity contribution < 1.29 is 14.4 Å². The second-order valence-electron chi connectivity index (χ2n) is 6.35. The lowest BCUT2D eigenvalue weighted by atomic mass is 9.76. The number of nitrogens with one attached hydrogen (secondary N) is 1. The van der Waals surface area contributed by atoms with E-state index in [1.165, 1.54) is 0 Å². The zero-order valence-electron chi connectivity index (χ0n) is 14.3. The highest BCUT2D eigenvalue weighted by Crippen LogP contribution is 2.36. The number of carbonyl (C=O) groups excluding carboxylic acids is 3. The van der Waals surface area contributed by atoms with Crippen molar-refractivity contribution in [3.8, 4) is 0 Å². The van der Waals surface area contributed by atoms with Gasteiger partial charge in [0.05, 0.1) is 0 Å². The summed E-state index contributed by atoms with van der Waals surface area (Å²) < 4.78 is 0. The molecule has 130 valence electrons. The van der Waals surface area contributed by atoms with Gasteiger partial charge in [-0.1, -0.05) is 19.0 Å². The van der Waals surface area contributed by atoms with Crippen LogP contribution in [0.25, 0.3) is 0 Å². The second kappa shape index (κ2) is 7.48. The fourth-order valence-electron chi connectivity index (χ4n) is 3.33. The molecule has 2 aliphatic rings. The van der Waals surface area contributed by atoms with Crippen molar-refractivity contribution in [2.45, 2.75) is 48.7 Å². The lowest BCUT2D eigenvalue weighted by Crippen LogP contribution is -2.52. The monoisotopic (exact) mass is 356 g/mol. The molecule has 1 saturated heterocycles. The Bertz CT molecular complexity index is 737. The van der Waals surface area contributed by atoms with Crippen LogP contribution in [0.2, 0.25) is 6.82 Å². The van der Waals surface area contributed by atoms with Crippen LogP contribution in [0.1, 0.15) is 35.2 Å². The maximum atomic E-state index is 12.8.